The first-order valence-corrected chi connectivity index (χ1v) is 5.79. The second kappa shape index (κ2) is 5.14. The largest absolute Gasteiger partial charge is 0.389 e. The van der Waals surface area contributed by atoms with Crippen molar-refractivity contribution in [3.63, 3.8) is 0 Å². The quantitative estimate of drug-likeness (QED) is 0.827. The van der Waals surface area contributed by atoms with Gasteiger partial charge in [-0.2, -0.15) is 5.10 Å². The number of nitrogens with two attached hydrogens (primary N) is 1. The van der Waals surface area contributed by atoms with Gasteiger partial charge in [0.15, 0.2) is 0 Å². The highest BCUT2D eigenvalue weighted by molar-refractivity contribution is 7.80. The number of hydrogen-bond donors (Lipinski definition) is 2. The Kier molecular flexibility index (Phi) is 3.57. The van der Waals surface area contributed by atoms with Crippen LogP contribution in [0.5, 0.6) is 0 Å². The van der Waals surface area contributed by atoms with Gasteiger partial charge in [0.05, 0.1) is 17.9 Å². The predicted molar refractivity (Wildman–Crippen MR) is 72.8 cm³/mol. The molecular weight excluding hydrogens is 251 g/mol. The van der Waals surface area contributed by atoms with Crippen LogP contribution in [0.3, 0.4) is 0 Å². The summed E-state index contributed by atoms with van der Waals surface area (Å²) in [5, 5.41) is 7.04. The molecule has 0 aliphatic rings. The number of halogens is 1. The molecule has 2 rings (SSSR count). The van der Waals surface area contributed by atoms with Crippen molar-refractivity contribution in [1.82, 2.24) is 9.78 Å². The molecule has 4 nitrogen and oxygen atoms in total. The standard InChI is InChI=1S/C12H13FN4S/c1-17-9(4-5-16-17)7-15-11-3-2-8(12(14)18)6-10(11)13/h2-6,15H,7H2,1H3,(H2,14,18). The SMILES string of the molecule is Cn1nccc1CNc1ccc(C(N)=S)cc1F. The van der Waals surface area contributed by atoms with E-state index in [0.29, 0.717) is 17.8 Å². The Morgan fingerprint density at radius 2 is 2.28 bits per heavy atom. The molecule has 0 aliphatic heterocycles. The molecule has 0 aliphatic carbocycles. The van der Waals surface area contributed by atoms with Crippen LogP contribution >= 0.6 is 12.2 Å². The molecule has 94 valence electrons. The summed E-state index contributed by atoms with van der Waals surface area (Å²) in [7, 11) is 1.84. The Balaban J connectivity index is 2.11. The fraction of sp³-hybridized carbons (Fsp3) is 0.167. The maximum absolute atomic E-state index is 13.7. The van der Waals surface area contributed by atoms with Gasteiger partial charge in [0.2, 0.25) is 0 Å². The fourth-order valence-corrected chi connectivity index (χ4v) is 1.70. The number of aryl methyl sites for hydroxylation is 1. The fourth-order valence-electron chi connectivity index (χ4n) is 1.57. The second-order valence-electron chi connectivity index (χ2n) is 3.86. The number of aromatic nitrogens is 2. The summed E-state index contributed by atoms with van der Waals surface area (Å²) in [6.07, 6.45) is 1.70. The van der Waals surface area contributed by atoms with E-state index in [9.17, 15) is 4.39 Å². The molecule has 1 heterocycles. The van der Waals surface area contributed by atoms with E-state index in [1.807, 2.05) is 13.1 Å². The third-order valence-corrected chi connectivity index (χ3v) is 2.87. The lowest BCUT2D eigenvalue weighted by atomic mass is 10.2. The minimum Gasteiger partial charge on any atom is -0.389 e. The number of nitrogens with zero attached hydrogens (tertiary/aromatic N) is 2. The summed E-state index contributed by atoms with van der Waals surface area (Å²) in [6.45, 7) is 0.500. The van der Waals surface area contributed by atoms with E-state index in [1.54, 1.807) is 23.0 Å². The van der Waals surface area contributed by atoms with Crippen LogP contribution in [0.4, 0.5) is 10.1 Å². The normalized spacial score (nSPS) is 10.3. The molecule has 0 spiro atoms. The van der Waals surface area contributed by atoms with Crippen molar-refractivity contribution in [3.05, 3.63) is 47.5 Å². The lowest BCUT2D eigenvalue weighted by molar-refractivity contribution is 0.628. The molecule has 0 fully saturated rings. The van der Waals surface area contributed by atoms with Gasteiger partial charge in [0, 0.05) is 18.8 Å². The van der Waals surface area contributed by atoms with Gasteiger partial charge in [-0.05, 0) is 24.3 Å². The van der Waals surface area contributed by atoms with Crippen molar-refractivity contribution in [2.75, 3.05) is 5.32 Å². The lowest BCUT2D eigenvalue weighted by Crippen LogP contribution is -2.11. The summed E-state index contributed by atoms with van der Waals surface area (Å²) in [6, 6.07) is 6.51. The zero-order valence-electron chi connectivity index (χ0n) is 9.85. The van der Waals surface area contributed by atoms with Crippen molar-refractivity contribution in [3.8, 4) is 0 Å². The number of nitrogens with one attached hydrogen (secondary N) is 1. The Hall–Kier alpha value is -1.95. The summed E-state index contributed by atoms with van der Waals surface area (Å²) in [5.74, 6) is -0.373. The van der Waals surface area contributed by atoms with Gasteiger partial charge in [0.1, 0.15) is 10.8 Å². The molecule has 0 amide bonds. The van der Waals surface area contributed by atoms with Crippen molar-refractivity contribution < 1.29 is 4.39 Å². The summed E-state index contributed by atoms with van der Waals surface area (Å²) >= 11 is 4.79. The topological polar surface area (TPSA) is 55.9 Å². The minimum atomic E-state index is -0.373. The Labute approximate surface area is 110 Å². The van der Waals surface area contributed by atoms with E-state index in [2.05, 4.69) is 10.4 Å². The highest BCUT2D eigenvalue weighted by atomic mass is 32.1. The molecule has 0 saturated heterocycles. The summed E-state index contributed by atoms with van der Waals surface area (Å²) in [5.41, 5.74) is 7.34. The van der Waals surface area contributed by atoms with E-state index in [4.69, 9.17) is 18.0 Å². The molecule has 1 aromatic heterocycles. The van der Waals surface area contributed by atoms with Crippen molar-refractivity contribution in [1.29, 1.82) is 0 Å². The Bertz CT molecular complexity index is 579. The van der Waals surface area contributed by atoms with E-state index < -0.39 is 0 Å². The number of hydrogen-bond acceptors (Lipinski definition) is 3. The van der Waals surface area contributed by atoms with Crippen molar-refractivity contribution in [2.45, 2.75) is 6.54 Å². The first-order valence-electron chi connectivity index (χ1n) is 5.38. The molecule has 0 saturated carbocycles. The van der Waals surface area contributed by atoms with Crippen LogP contribution < -0.4 is 11.1 Å². The van der Waals surface area contributed by atoms with Crippen LogP contribution in [0.2, 0.25) is 0 Å². The van der Waals surface area contributed by atoms with Gasteiger partial charge in [0.25, 0.3) is 0 Å². The van der Waals surface area contributed by atoms with Crippen LogP contribution in [0.1, 0.15) is 11.3 Å². The first-order chi connectivity index (χ1) is 8.58. The van der Waals surface area contributed by atoms with Gasteiger partial charge >= 0.3 is 0 Å². The molecule has 18 heavy (non-hydrogen) atoms. The van der Waals surface area contributed by atoms with E-state index in [-0.39, 0.29) is 10.8 Å². The maximum Gasteiger partial charge on any atom is 0.146 e. The summed E-state index contributed by atoms with van der Waals surface area (Å²) in [4.78, 5) is 0.187. The van der Waals surface area contributed by atoms with Gasteiger partial charge in [-0.25, -0.2) is 4.39 Å². The van der Waals surface area contributed by atoms with Gasteiger partial charge in [-0.15, -0.1) is 0 Å². The van der Waals surface area contributed by atoms with E-state index in [1.165, 1.54) is 6.07 Å². The molecule has 6 heteroatoms. The zero-order valence-corrected chi connectivity index (χ0v) is 10.7. The highest BCUT2D eigenvalue weighted by Gasteiger charge is 2.06. The van der Waals surface area contributed by atoms with E-state index in [0.717, 1.165) is 5.69 Å². The third-order valence-electron chi connectivity index (χ3n) is 2.64. The number of thiocarbonyl (C=S) groups is 1. The van der Waals surface area contributed by atoms with Crippen LogP contribution in [0.15, 0.2) is 30.5 Å². The average molecular weight is 264 g/mol. The molecule has 0 radical (unpaired) electrons. The minimum absolute atomic E-state index is 0.187. The molecule has 2 aromatic rings. The molecular formula is C12H13FN4S. The Morgan fingerprint density at radius 1 is 1.50 bits per heavy atom. The highest BCUT2D eigenvalue weighted by Crippen LogP contribution is 2.16. The van der Waals surface area contributed by atoms with Crippen molar-refractivity contribution in [2.24, 2.45) is 12.8 Å². The lowest BCUT2D eigenvalue weighted by Gasteiger charge is -2.09. The maximum atomic E-state index is 13.7. The van der Waals surface area contributed by atoms with Crippen LogP contribution in [0, 0.1) is 5.82 Å². The molecule has 0 atom stereocenters. The number of benzene rings is 1. The number of anilines is 1. The zero-order chi connectivity index (χ0) is 13.1. The predicted octanol–water partition coefficient (Wildman–Crippen LogP) is 1.81. The van der Waals surface area contributed by atoms with Gasteiger partial charge in [-0.3, -0.25) is 4.68 Å². The smallest absolute Gasteiger partial charge is 0.146 e. The van der Waals surface area contributed by atoms with Gasteiger partial charge < -0.3 is 11.1 Å². The second-order valence-corrected chi connectivity index (χ2v) is 4.30. The van der Waals surface area contributed by atoms with E-state index >= 15 is 0 Å². The molecule has 3 N–H and O–H groups in total. The average Bonchev–Trinajstić information content (AvgIpc) is 2.73. The molecule has 0 unspecified atom stereocenters. The first kappa shape index (κ1) is 12.5. The molecule has 0 bridgehead atoms. The van der Waals surface area contributed by atoms with Gasteiger partial charge in [-0.1, -0.05) is 12.2 Å². The summed E-state index contributed by atoms with van der Waals surface area (Å²) < 4.78 is 15.5. The monoisotopic (exact) mass is 264 g/mol. The van der Waals surface area contributed by atoms with Crippen LogP contribution in [0.25, 0.3) is 0 Å². The van der Waals surface area contributed by atoms with Crippen molar-refractivity contribution >= 4 is 22.9 Å². The molecule has 1 aromatic carbocycles. The Morgan fingerprint density at radius 3 is 2.83 bits per heavy atom. The third kappa shape index (κ3) is 2.65. The van der Waals surface area contributed by atoms with Crippen LogP contribution in [-0.4, -0.2) is 14.8 Å². The number of rotatable bonds is 4. The van der Waals surface area contributed by atoms with Crippen LogP contribution in [-0.2, 0) is 13.6 Å².